The molecule has 6 heteroatoms. The summed E-state index contributed by atoms with van der Waals surface area (Å²) in [4.78, 5) is 14.1. The summed E-state index contributed by atoms with van der Waals surface area (Å²) in [5.41, 5.74) is 1.12. The van der Waals surface area contributed by atoms with E-state index in [-0.39, 0.29) is 39.1 Å². The number of Topliss-reactive ketones (excluding diaryl/α,β-unsaturated/α-hetero) is 1. The molecule has 1 aliphatic heterocycles. The molecule has 0 N–H and O–H groups in total. The molecule has 9 atom stereocenters. The molecule has 0 spiro atoms. The van der Waals surface area contributed by atoms with E-state index in [2.05, 4.69) is 53.2 Å². The summed E-state index contributed by atoms with van der Waals surface area (Å²) in [6, 6.07) is 6.21. The number of carbonyl (C=O) groups is 1. The number of ketones is 1. The Bertz CT molecular complexity index is 1390. The van der Waals surface area contributed by atoms with Gasteiger partial charge in [0.05, 0.1) is 12.7 Å². The second-order valence-corrected chi connectivity index (χ2v) is 17.8. The van der Waals surface area contributed by atoms with E-state index >= 15 is 0 Å². The van der Waals surface area contributed by atoms with Crippen molar-refractivity contribution in [3.05, 3.63) is 35.4 Å². The number of hydrogen-bond donors (Lipinski definition) is 0. The van der Waals surface area contributed by atoms with Gasteiger partial charge in [-0.25, -0.2) is 0 Å². The Morgan fingerprint density at radius 3 is 2.30 bits per heavy atom. The van der Waals surface area contributed by atoms with E-state index in [1.165, 1.54) is 44.2 Å². The second-order valence-electron chi connectivity index (χ2n) is 17.8. The van der Waals surface area contributed by atoms with Crippen molar-refractivity contribution in [3.8, 4) is 5.75 Å². The molecule has 0 radical (unpaired) electrons. The third kappa shape index (κ3) is 4.06. The van der Waals surface area contributed by atoms with E-state index in [1.807, 2.05) is 0 Å². The summed E-state index contributed by atoms with van der Waals surface area (Å²) >= 11 is 0. The molecule has 1 aromatic rings. The summed E-state index contributed by atoms with van der Waals surface area (Å²) in [6.45, 7) is 17.6. The molecule has 4 unspecified atom stereocenters. The van der Waals surface area contributed by atoms with Gasteiger partial charge < -0.3 is 9.47 Å². The van der Waals surface area contributed by atoms with Crippen LogP contribution in [0.25, 0.3) is 6.08 Å². The fourth-order valence-corrected chi connectivity index (χ4v) is 13.0. The average Bonchev–Trinajstić information content (AvgIpc) is 3.26. The summed E-state index contributed by atoms with van der Waals surface area (Å²) in [5, 5.41) is 0. The number of ether oxygens (including phenoxy) is 2. The normalized spacial score (nSPS) is 46.5. The maximum absolute atomic E-state index is 14.1. The molecule has 6 fully saturated rings. The molecule has 7 rings (SSSR count). The van der Waals surface area contributed by atoms with E-state index in [9.17, 15) is 18.0 Å². The number of carbonyl (C=O) groups excluding carboxylic acids is 1. The van der Waals surface area contributed by atoms with Gasteiger partial charge in [-0.15, -0.1) is 13.2 Å². The van der Waals surface area contributed by atoms with Crippen molar-refractivity contribution in [2.45, 2.75) is 119 Å². The maximum atomic E-state index is 14.1. The molecule has 3 nitrogen and oxygen atoms in total. The fourth-order valence-electron chi connectivity index (χ4n) is 13.0. The van der Waals surface area contributed by atoms with Crippen LogP contribution in [0.15, 0.2) is 29.8 Å². The van der Waals surface area contributed by atoms with Crippen LogP contribution in [0.2, 0.25) is 0 Å². The first-order valence-electron chi connectivity index (χ1n) is 17.1. The van der Waals surface area contributed by atoms with Gasteiger partial charge in [-0.2, -0.15) is 0 Å². The van der Waals surface area contributed by atoms with Crippen molar-refractivity contribution >= 4 is 11.9 Å². The van der Waals surface area contributed by atoms with Gasteiger partial charge in [0.25, 0.3) is 0 Å². The van der Waals surface area contributed by atoms with Crippen molar-refractivity contribution in [2.75, 3.05) is 6.61 Å². The first-order valence-corrected chi connectivity index (χ1v) is 17.1. The molecule has 1 heterocycles. The van der Waals surface area contributed by atoms with Gasteiger partial charge in [0, 0.05) is 11.0 Å². The minimum Gasteiger partial charge on any atom is -0.405 e. The van der Waals surface area contributed by atoms with Crippen molar-refractivity contribution in [1.82, 2.24) is 0 Å². The highest BCUT2D eigenvalue weighted by Gasteiger charge is 2.73. The Balaban J connectivity index is 1.27. The number of benzene rings is 1. The number of halogens is 3. The topological polar surface area (TPSA) is 35.5 Å². The lowest BCUT2D eigenvalue weighted by Crippen LogP contribution is -2.67. The van der Waals surface area contributed by atoms with Gasteiger partial charge in [-0.1, -0.05) is 66.7 Å². The molecule has 5 aliphatic carbocycles. The monoisotopic (exact) mass is 612 g/mol. The van der Waals surface area contributed by atoms with Crippen molar-refractivity contribution < 1.29 is 27.4 Å². The van der Waals surface area contributed by atoms with E-state index in [1.54, 1.807) is 18.2 Å². The van der Waals surface area contributed by atoms with Crippen molar-refractivity contribution in [2.24, 2.45) is 56.2 Å². The summed E-state index contributed by atoms with van der Waals surface area (Å²) < 4.78 is 50.9. The van der Waals surface area contributed by atoms with E-state index in [0.717, 1.165) is 25.9 Å². The Labute approximate surface area is 261 Å². The molecule has 5 saturated carbocycles. The number of rotatable bonds is 2. The molecule has 2 bridgehead atoms. The highest BCUT2D eigenvalue weighted by atomic mass is 19.4. The highest BCUT2D eigenvalue weighted by molar-refractivity contribution is 6.04. The van der Waals surface area contributed by atoms with Crippen LogP contribution in [0.1, 0.15) is 112 Å². The summed E-state index contributed by atoms with van der Waals surface area (Å²) in [5.74, 6) is 1.76. The molecule has 0 amide bonds. The van der Waals surface area contributed by atoms with E-state index in [0.29, 0.717) is 46.8 Å². The smallest absolute Gasteiger partial charge is 0.405 e. The average molecular weight is 613 g/mol. The van der Waals surface area contributed by atoms with Gasteiger partial charge in [0.1, 0.15) is 5.75 Å². The lowest BCUT2D eigenvalue weighted by atomic mass is 9.31. The lowest BCUT2D eigenvalue weighted by Gasteiger charge is -2.73. The fraction of sp³-hybridized carbons (Fsp3) is 0.763. The number of hydrogen-bond acceptors (Lipinski definition) is 3. The van der Waals surface area contributed by atoms with Crippen LogP contribution in [0, 0.1) is 56.2 Å². The summed E-state index contributed by atoms with van der Waals surface area (Å²) in [6.07, 6.45) is 7.41. The zero-order valence-corrected chi connectivity index (χ0v) is 27.7. The summed E-state index contributed by atoms with van der Waals surface area (Å²) in [7, 11) is 0. The largest absolute Gasteiger partial charge is 0.573 e. The lowest BCUT2D eigenvalue weighted by molar-refractivity contribution is -0.274. The molecule has 242 valence electrons. The van der Waals surface area contributed by atoms with Crippen LogP contribution < -0.4 is 4.74 Å². The molecule has 44 heavy (non-hydrogen) atoms. The van der Waals surface area contributed by atoms with Crippen LogP contribution in [-0.4, -0.2) is 24.9 Å². The number of para-hydroxylation sites is 1. The maximum Gasteiger partial charge on any atom is 0.573 e. The first kappa shape index (κ1) is 30.8. The predicted octanol–water partition coefficient (Wildman–Crippen LogP) is 10.0. The van der Waals surface area contributed by atoms with Crippen molar-refractivity contribution in [1.29, 1.82) is 0 Å². The SMILES string of the molecule is CC1(C)C(=O)/C(=C/c2ccccc2OC(F)(F)F)C[C@@]2(C)C1CC[C@]1(C)C2CCC2C3[C@H]4OC[C@@]3(CCC4(C)C)CC[C@]21C. The number of allylic oxidation sites excluding steroid dienone is 1. The molecule has 1 aromatic carbocycles. The van der Waals surface area contributed by atoms with Gasteiger partial charge in [-0.3, -0.25) is 4.79 Å². The van der Waals surface area contributed by atoms with Crippen LogP contribution in [0.3, 0.4) is 0 Å². The Morgan fingerprint density at radius 2 is 1.57 bits per heavy atom. The zero-order valence-electron chi connectivity index (χ0n) is 27.7. The van der Waals surface area contributed by atoms with Gasteiger partial charge in [0.2, 0.25) is 0 Å². The highest BCUT2D eigenvalue weighted by Crippen LogP contribution is 2.78. The standard InChI is InChI=1S/C38H51F3O3/c1-32(2)16-18-37-19-17-35(6)25(29(37)31(32)43-22-37)12-13-28-34(5)21-24(20-23-10-8-9-11-26(23)44-38(39,40)41)30(42)33(3,4)27(34)14-15-36(28,35)7/h8-11,20,25,27-29,31H,12-19,21-22H2,1-7H3/b24-20+/t25?,27?,28?,29?,31-,34+,35-,36-,37-/m1/s1. The first-order chi connectivity index (χ1) is 20.4. The third-order valence-electron chi connectivity index (χ3n) is 15.2. The number of fused-ring (bicyclic) bond motifs is 5. The molecular formula is C38H51F3O3. The molecule has 6 aliphatic rings. The van der Waals surface area contributed by atoms with Crippen LogP contribution in [-0.2, 0) is 9.53 Å². The Hall–Kier alpha value is -1.82. The van der Waals surface area contributed by atoms with Crippen LogP contribution >= 0.6 is 0 Å². The Kier molecular flexibility index (Phi) is 6.57. The predicted molar refractivity (Wildman–Crippen MR) is 166 cm³/mol. The molecule has 0 aromatic heterocycles. The second kappa shape index (κ2) is 9.38. The molecule has 1 saturated heterocycles. The van der Waals surface area contributed by atoms with Crippen LogP contribution in [0.5, 0.6) is 5.75 Å². The van der Waals surface area contributed by atoms with Crippen LogP contribution in [0.4, 0.5) is 13.2 Å². The van der Waals surface area contributed by atoms with E-state index < -0.39 is 11.8 Å². The van der Waals surface area contributed by atoms with Crippen molar-refractivity contribution in [3.63, 3.8) is 0 Å². The minimum absolute atomic E-state index is 0.0723. The molecular weight excluding hydrogens is 561 g/mol. The van der Waals surface area contributed by atoms with E-state index in [4.69, 9.17) is 4.74 Å². The minimum atomic E-state index is -4.79. The third-order valence-corrected chi connectivity index (χ3v) is 15.2. The van der Waals surface area contributed by atoms with Gasteiger partial charge >= 0.3 is 6.36 Å². The Morgan fingerprint density at radius 1 is 0.864 bits per heavy atom. The van der Waals surface area contributed by atoms with Gasteiger partial charge in [-0.05, 0) is 126 Å². The zero-order chi connectivity index (χ0) is 31.7. The number of alkyl halides is 3. The van der Waals surface area contributed by atoms with Gasteiger partial charge in [0.15, 0.2) is 5.78 Å². The quantitative estimate of drug-likeness (QED) is 0.312.